The molecule has 29 heavy (non-hydrogen) atoms. The smallest absolute Gasteiger partial charge is 0.293 e. The minimum atomic E-state index is -0.453. The largest absolute Gasteiger partial charge is 0.482 e. The number of ether oxygens (including phenoxy) is 1. The Kier molecular flexibility index (Phi) is 6.90. The summed E-state index contributed by atoms with van der Waals surface area (Å²) in [5.74, 6) is -0.852. The third kappa shape index (κ3) is 5.58. The van der Waals surface area contributed by atoms with E-state index in [4.69, 9.17) is 16.3 Å². The number of carbonyl (C=O) groups excluding carboxylic acids is 3. The van der Waals surface area contributed by atoms with Gasteiger partial charge in [-0.2, -0.15) is 0 Å². The van der Waals surface area contributed by atoms with Crippen molar-refractivity contribution in [3.05, 3.63) is 69.8 Å². The lowest BCUT2D eigenvalue weighted by atomic mass is 10.2. The highest BCUT2D eigenvalue weighted by molar-refractivity contribution is 8.18. The molecule has 1 aliphatic heterocycles. The number of nitrogens with one attached hydrogen (secondary N) is 1. The molecule has 0 aromatic heterocycles. The second-order valence-corrected chi connectivity index (χ2v) is 7.35. The van der Waals surface area contributed by atoms with E-state index < -0.39 is 17.1 Å². The van der Waals surface area contributed by atoms with E-state index in [2.05, 4.69) is 5.32 Å². The van der Waals surface area contributed by atoms with Crippen molar-refractivity contribution >= 4 is 46.5 Å². The molecule has 0 aliphatic carbocycles. The maximum atomic E-state index is 13.0. The van der Waals surface area contributed by atoms with Gasteiger partial charge in [-0.1, -0.05) is 35.9 Å². The number of hydrogen-bond donors (Lipinski definition) is 1. The number of hydrogen-bond acceptors (Lipinski definition) is 5. The highest BCUT2D eigenvalue weighted by atomic mass is 35.5. The van der Waals surface area contributed by atoms with Gasteiger partial charge in [0, 0.05) is 13.1 Å². The van der Waals surface area contributed by atoms with Crippen LogP contribution >= 0.6 is 23.4 Å². The molecule has 0 atom stereocenters. The Bertz CT molecular complexity index is 965. The van der Waals surface area contributed by atoms with Crippen molar-refractivity contribution in [1.29, 1.82) is 0 Å². The predicted octanol–water partition coefficient (Wildman–Crippen LogP) is 3.71. The highest BCUT2D eigenvalue weighted by Crippen LogP contribution is 2.31. The van der Waals surface area contributed by atoms with Gasteiger partial charge >= 0.3 is 0 Å². The number of imide groups is 1. The lowest BCUT2D eigenvalue weighted by molar-refractivity contribution is -0.125. The van der Waals surface area contributed by atoms with Crippen molar-refractivity contribution in [2.24, 2.45) is 0 Å². The van der Waals surface area contributed by atoms with Gasteiger partial charge in [-0.05, 0) is 47.7 Å². The second kappa shape index (κ2) is 9.58. The predicted molar refractivity (Wildman–Crippen MR) is 109 cm³/mol. The Balaban J connectivity index is 1.48. The first kappa shape index (κ1) is 20.9. The number of para-hydroxylation sites is 1. The molecule has 0 spiro atoms. The fourth-order valence-corrected chi connectivity index (χ4v) is 3.52. The van der Waals surface area contributed by atoms with E-state index in [1.165, 1.54) is 30.3 Å². The van der Waals surface area contributed by atoms with E-state index in [1.807, 2.05) is 0 Å². The van der Waals surface area contributed by atoms with E-state index >= 15 is 0 Å². The Hall–Kier alpha value is -2.84. The van der Waals surface area contributed by atoms with Crippen LogP contribution in [0.1, 0.15) is 5.56 Å². The number of carbonyl (C=O) groups is 3. The molecule has 0 saturated carbocycles. The minimum Gasteiger partial charge on any atom is -0.482 e. The van der Waals surface area contributed by atoms with Crippen LogP contribution in [0.4, 0.5) is 9.18 Å². The molecule has 1 saturated heterocycles. The van der Waals surface area contributed by atoms with Crippen LogP contribution in [0, 0.1) is 5.82 Å². The molecule has 1 N–H and O–H groups in total. The monoisotopic (exact) mass is 434 g/mol. The number of nitrogens with zero attached hydrogens (tertiary/aromatic N) is 1. The van der Waals surface area contributed by atoms with Gasteiger partial charge in [-0.15, -0.1) is 0 Å². The number of benzene rings is 2. The third-order valence-corrected chi connectivity index (χ3v) is 5.11. The van der Waals surface area contributed by atoms with E-state index in [9.17, 15) is 18.8 Å². The topological polar surface area (TPSA) is 75.7 Å². The van der Waals surface area contributed by atoms with Crippen molar-refractivity contribution in [1.82, 2.24) is 10.2 Å². The van der Waals surface area contributed by atoms with Gasteiger partial charge in [-0.25, -0.2) is 4.39 Å². The van der Waals surface area contributed by atoms with Crippen molar-refractivity contribution in [3.63, 3.8) is 0 Å². The SMILES string of the molecule is O=C(COc1ccccc1Cl)NCCN1C(=O)SC(=Cc2ccc(F)cc2)C1=O. The Morgan fingerprint density at radius 3 is 2.62 bits per heavy atom. The third-order valence-electron chi connectivity index (χ3n) is 3.89. The molecule has 3 rings (SSSR count). The standard InChI is InChI=1S/C20H16ClFN2O4S/c21-15-3-1-2-4-16(15)28-12-18(25)23-9-10-24-19(26)17(29-20(24)27)11-13-5-7-14(22)8-6-13/h1-8,11H,9-10,12H2,(H,23,25). The first-order valence-electron chi connectivity index (χ1n) is 8.59. The molecular formula is C20H16ClFN2O4S. The summed E-state index contributed by atoms with van der Waals surface area (Å²) < 4.78 is 18.3. The van der Waals surface area contributed by atoms with Crippen LogP contribution in [0.3, 0.4) is 0 Å². The molecule has 6 nitrogen and oxygen atoms in total. The quantitative estimate of drug-likeness (QED) is 0.672. The van der Waals surface area contributed by atoms with E-state index in [0.717, 1.165) is 16.7 Å². The van der Waals surface area contributed by atoms with Gasteiger partial charge in [0.25, 0.3) is 17.1 Å². The van der Waals surface area contributed by atoms with Gasteiger partial charge in [0.15, 0.2) is 6.61 Å². The Labute approximate surface area is 175 Å². The lowest BCUT2D eigenvalue weighted by Crippen LogP contribution is -2.38. The summed E-state index contributed by atoms with van der Waals surface area (Å²) in [4.78, 5) is 37.7. The zero-order valence-corrected chi connectivity index (χ0v) is 16.6. The van der Waals surface area contributed by atoms with Crippen LogP contribution in [0.2, 0.25) is 5.02 Å². The lowest BCUT2D eigenvalue weighted by Gasteiger charge is -2.13. The number of amides is 3. The van der Waals surface area contributed by atoms with Crippen LogP contribution < -0.4 is 10.1 Å². The molecule has 1 heterocycles. The zero-order valence-electron chi connectivity index (χ0n) is 15.1. The maximum absolute atomic E-state index is 13.0. The molecule has 9 heteroatoms. The van der Waals surface area contributed by atoms with Crippen molar-refractivity contribution in [2.75, 3.05) is 19.7 Å². The van der Waals surface area contributed by atoms with Gasteiger partial charge in [0.2, 0.25) is 0 Å². The fraction of sp³-hybridized carbons (Fsp3) is 0.150. The molecule has 0 bridgehead atoms. The Morgan fingerprint density at radius 1 is 1.17 bits per heavy atom. The molecule has 1 fully saturated rings. The molecular weight excluding hydrogens is 419 g/mol. The van der Waals surface area contributed by atoms with E-state index in [-0.39, 0.29) is 30.4 Å². The summed E-state index contributed by atoms with van der Waals surface area (Å²) in [6.45, 7) is -0.119. The first-order chi connectivity index (χ1) is 13.9. The van der Waals surface area contributed by atoms with Crippen LogP contribution in [-0.2, 0) is 9.59 Å². The van der Waals surface area contributed by atoms with Gasteiger partial charge in [0.1, 0.15) is 11.6 Å². The summed E-state index contributed by atoms with van der Waals surface area (Å²) in [5.41, 5.74) is 0.613. The average molecular weight is 435 g/mol. The first-order valence-corrected chi connectivity index (χ1v) is 9.78. The molecule has 2 aromatic carbocycles. The normalized spacial score (nSPS) is 15.1. The van der Waals surface area contributed by atoms with Crippen LogP contribution in [0.15, 0.2) is 53.4 Å². The summed E-state index contributed by atoms with van der Waals surface area (Å²) >= 11 is 6.75. The molecule has 1 aliphatic rings. The summed E-state index contributed by atoms with van der Waals surface area (Å²) in [7, 11) is 0. The minimum absolute atomic E-state index is 0.0310. The molecule has 2 aromatic rings. The molecule has 0 unspecified atom stereocenters. The summed E-state index contributed by atoms with van der Waals surface area (Å²) in [6, 6.07) is 12.4. The zero-order chi connectivity index (χ0) is 20.8. The van der Waals surface area contributed by atoms with Crippen LogP contribution in [-0.4, -0.2) is 41.6 Å². The van der Waals surface area contributed by atoms with Crippen LogP contribution in [0.5, 0.6) is 5.75 Å². The van der Waals surface area contributed by atoms with E-state index in [1.54, 1.807) is 24.3 Å². The average Bonchev–Trinajstić information content (AvgIpc) is 2.96. The molecule has 0 radical (unpaired) electrons. The van der Waals surface area contributed by atoms with Crippen LogP contribution in [0.25, 0.3) is 6.08 Å². The van der Waals surface area contributed by atoms with Gasteiger partial charge in [0.05, 0.1) is 9.93 Å². The van der Waals surface area contributed by atoms with E-state index in [0.29, 0.717) is 16.3 Å². The molecule has 150 valence electrons. The van der Waals surface area contributed by atoms with Gasteiger partial charge in [-0.3, -0.25) is 19.3 Å². The van der Waals surface area contributed by atoms with Crippen molar-refractivity contribution < 1.29 is 23.5 Å². The number of rotatable bonds is 7. The highest BCUT2D eigenvalue weighted by Gasteiger charge is 2.34. The Morgan fingerprint density at radius 2 is 1.90 bits per heavy atom. The second-order valence-electron chi connectivity index (χ2n) is 5.95. The molecule has 3 amide bonds. The summed E-state index contributed by atoms with van der Waals surface area (Å²) in [6.07, 6.45) is 1.53. The fourth-order valence-electron chi connectivity index (χ4n) is 2.47. The van der Waals surface area contributed by atoms with Crippen molar-refractivity contribution in [2.45, 2.75) is 0 Å². The summed E-state index contributed by atoms with van der Waals surface area (Å²) in [5, 5.41) is 2.56. The van der Waals surface area contributed by atoms with Gasteiger partial charge < -0.3 is 10.1 Å². The van der Waals surface area contributed by atoms with Crippen molar-refractivity contribution in [3.8, 4) is 5.75 Å². The number of halogens is 2. The maximum Gasteiger partial charge on any atom is 0.293 e. The number of thioether (sulfide) groups is 1.